The standard InChI is InChI=1S/C25H26ClN5O3/c26-23-3-1-2-20(30-23)25(32)29-18-6-4-17(5-7-18)16-34-22-15-19(31-10-12-33-13-11-31)14-21-24(22)28-9-8-27-21/h1-3,8-9,14-15,17H,4-7,10-13,16H2. The van der Waals surface area contributed by atoms with Crippen LogP contribution in [0, 0.1) is 5.92 Å². The molecule has 0 N–H and O–H groups in total. The molecule has 3 aromatic rings. The van der Waals surface area contributed by atoms with Crippen molar-refractivity contribution in [3.63, 3.8) is 0 Å². The SMILES string of the molecule is O=C(N=C1CCC(COc2cc(N3CCOCC3)cc3nccnc23)CC1)c1cccc(Cl)n1. The van der Waals surface area contributed by atoms with E-state index in [9.17, 15) is 4.79 Å². The molecule has 8 nitrogen and oxygen atoms in total. The summed E-state index contributed by atoms with van der Waals surface area (Å²) in [5, 5.41) is 0.293. The zero-order valence-corrected chi connectivity index (χ0v) is 19.6. The molecule has 1 saturated carbocycles. The molecule has 0 radical (unpaired) electrons. The van der Waals surface area contributed by atoms with Crippen molar-refractivity contribution in [1.29, 1.82) is 0 Å². The summed E-state index contributed by atoms with van der Waals surface area (Å²) in [7, 11) is 0. The quantitative estimate of drug-likeness (QED) is 0.502. The lowest BCUT2D eigenvalue weighted by atomic mass is 9.88. The zero-order valence-electron chi connectivity index (χ0n) is 18.8. The van der Waals surface area contributed by atoms with Gasteiger partial charge in [0.1, 0.15) is 22.1 Å². The van der Waals surface area contributed by atoms with Crippen LogP contribution in [-0.4, -0.2) is 59.5 Å². The molecule has 0 atom stereocenters. The fraction of sp³-hybridized carbons (Fsp3) is 0.400. The molecule has 1 aromatic carbocycles. The number of amides is 1. The summed E-state index contributed by atoms with van der Waals surface area (Å²) in [4.78, 5) is 32.0. The van der Waals surface area contributed by atoms with E-state index < -0.39 is 0 Å². The molecule has 176 valence electrons. The van der Waals surface area contributed by atoms with E-state index in [1.807, 2.05) is 0 Å². The normalized spacial score (nSPS) is 18.7. The average molecular weight is 480 g/mol. The number of carbonyl (C=O) groups excluding carboxylic acids is 1. The molecule has 1 aliphatic heterocycles. The number of aliphatic imine (C=N–C) groups is 1. The molecule has 2 fully saturated rings. The average Bonchev–Trinajstić information content (AvgIpc) is 2.88. The Kier molecular flexibility index (Phi) is 6.97. The summed E-state index contributed by atoms with van der Waals surface area (Å²) in [6, 6.07) is 9.11. The van der Waals surface area contributed by atoms with Gasteiger partial charge in [-0.05, 0) is 49.8 Å². The van der Waals surface area contributed by atoms with Crippen LogP contribution in [0.5, 0.6) is 5.75 Å². The van der Waals surface area contributed by atoms with E-state index in [-0.39, 0.29) is 11.6 Å². The molecule has 0 spiro atoms. The number of morpholine rings is 1. The third-order valence-electron chi connectivity index (χ3n) is 6.25. The van der Waals surface area contributed by atoms with Crippen LogP contribution in [0.2, 0.25) is 5.15 Å². The van der Waals surface area contributed by atoms with Crippen LogP contribution >= 0.6 is 11.6 Å². The molecule has 34 heavy (non-hydrogen) atoms. The van der Waals surface area contributed by atoms with Crippen molar-refractivity contribution in [3.8, 4) is 5.75 Å². The van der Waals surface area contributed by atoms with E-state index in [4.69, 9.17) is 21.1 Å². The van der Waals surface area contributed by atoms with Crippen molar-refractivity contribution >= 4 is 39.9 Å². The maximum atomic E-state index is 12.4. The van der Waals surface area contributed by atoms with Gasteiger partial charge in [0.15, 0.2) is 0 Å². The molecule has 2 aromatic heterocycles. The molecule has 5 rings (SSSR count). The first kappa shape index (κ1) is 22.7. The van der Waals surface area contributed by atoms with Gasteiger partial charge in [-0.15, -0.1) is 0 Å². The number of carbonyl (C=O) groups is 1. The Morgan fingerprint density at radius 2 is 1.94 bits per heavy atom. The third kappa shape index (κ3) is 5.34. The largest absolute Gasteiger partial charge is 0.491 e. The number of fused-ring (bicyclic) bond motifs is 1. The minimum absolute atomic E-state index is 0.276. The summed E-state index contributed by atoms with van der Waals surface area (Å²) in [6.45, 7) is 3.72. The van der Waals surface area contributed by atoms with Gasteiger partial charge in [-0.3, -0.25) is 9.78 Å². The summed E-state index contributed by atoms with van der Waals surface area (Å²) in [5.74, 6) is 0.808. The first-order valence-electron chi connectivity index (χ1n) is 11.6. The lowest BCUT2D eigenvalue weighted by Gasteiger charge is -2.29. The van der Waals surface area contributed by atoms with Crippen LogP contribution in [0.3, 0.4) is 0 Å². The van der Waals surface area contributed by atoms with Gasteiger partial charge in [0, 0.05) is 42.9 Å². The number of pyridine rings is 1. The highest BCUT2D eigenvalue weighted by Gasteiger charge is 2.21. The highest BCUT2D eigenvalue weighted by molar-refractivity contribution is 6.29. The van der Waals surface area contributed by atoms with E-state index in [2.05, 4.69) is 37.0 Å². The number of benzene rings is 1. The fourth-order valence-corrected chi connectivity index (χ4v) is 4.53. The maximum Gasteiger partial charge on any atom is 0.295 e. The van der Waals surface area contributed by atoms with E-state index in [1.54, 1.807) is 30.6 Å². The smallest absolute Gasteiger partial charge is 0.295 e. The van der Waals surface area contributed by atoms with E-state index in [1.165, 1.54) is 0 Å². The Morgan fingerprint density at radius 3 is 2.74 bits per heavy atom. The predicted molar refractivity (Wildman–Crippen MR) is 131 cm³/mol. The van der Waals surface area contributed by atoms with Crippen molar-refractivity contribution in [2.45, 2.75) is 25.7 Å². The Labute approximate surface area is 203 Å². The number of nitrogens with zero attached hydrogens (tertiary/aromatic N) is 5. The third-order valence-corrected chi connectivity index (χ3v) is 6.46. The number of aromatic nitrogens is 3. The van der Waals surface area contributed by atoms with Crippen molar-refractivity contribution in [1.82, 2.24) is 15.0 Å². The number of halogens is 1. The molecule has 2 aliphatic rings. The number of anilines is 1. The molecule has 1 saturated heterocycles. The lowest BCUT2D eigenvalue weighted by molar-refractivity contribution is 0.0997. The predicted octanol–water partition coefficient (Wildman–Crippen LogP) is 4.37. The number of hydrogen-bond acceptors (Lipinski definition) is 7. The van der Waals surface area contributed by atoms with Crippen molar-refractivity contribution in [2.24, 2.45) is 10.9 Å². The minimum Gasteiger partial charge on any atom is -0.491 e. The molecule has 0 bridgehead atoms. The highest BCUT2D eigenvalue weighted by atomic mass is 35.5. The Morgan fingerprint density at radius 1 is 1.15 bits per heavy atom. The van der Waals surface area contributed by atoms with Gasteiger partial charge in [0.25, 0.3) is 5.91 Å². The molecular weight excluding hydrogens is 454 g/mol. The van der Waals surface area contributed by atoms with E-state index in [0.717, 1.165) is 80.2 Å². The van der Waals surface area contributed by atoms with Crippen LogP contribution in [-0.2, 0) is 4.74 Å². The Hall–Kier alpha value is -3.10. The van der Waals surface area contributed by atoms with Gasteiger partial charge in [-0.25, -0.2) is 15.0 Å². The van der Waals surface area contributed by atoms with Gasteiger partial charge in [-0.1, -0.05) is 17.7 Å². The maximum absolute atomic E-state index is 12.4. The van der Waals surface area contributed by atoms with Crippen molar-refractivity contribution in [3.05, 3.63) is 53.6 Å². The first-order chi connectivity index (χ1) is 16.7. The second-order valence-corrected chi connectivity index (χ2v) is 8.94. The summed E-state index contributed by atoms with van der Waals surface area (Å²) >= 11 is 5.88. The Bertz CT molecular complexity index is 1200. The van der Waals surface area contributed by atoms with E-state index >= 15 is 0 Å². The summed E-state index contributed by atoms with van der Waals surface area (Å²) in [5.41, 5.74) is 3.87. The van der Waals surface area contributed by atoms with Crippen LogP contribution in [0.4, 0.5) is 5.69 Å². The molecule has 1 aliphatic carbocycles. The van der Waals surface area contributed by atoms with E-state index in [0.29, 0.717) is 17.7 Å². The molecule has 9 heteroatoms. The van der Waals surface area contributed by atoms with Gasteiger partial charge >= 0.3 is 0 Å². The zero-order chi connectivity index (χ0) is 23.3. The fourth-order valence-electron chi connectivity index (χ4n) is 4.37. The monoisotopic (exact) mass is 479 g/mol. The van der Waals surface area contributed by atoms with Crippen molar-refractivity contribution < 1.29 is 14.3 Å². The topological polar surface area (TPSA) is 89.8 Å². The number of hydrogen-bond donors (Lipinski definition) is 0. The van der Waals surface area contributed by atoms with Gasteiger partial charge in [-0.2, -0.15) is 0 Å². The van der Waals surface area contributed by atoms with Crippen LogP contribution in [0.1, 0.15) is 36.2 Å². The van der Waals surface area contributed by atoms with Gasteiger partial charge < -0.3 is 14.4 Å². The van der Waals surface area contributed by atoms with Crippen LogP contribution < -0.4 is 9.64 Å². The second-order valence-electron chi connectivity index (χ2n) is 8.55. The van der Waals surface area contributed by atoms with Crippen LogP contribution in [0.15, 0.2) is 47.7 Å². The number of rotatable bonds is 5. The second kappa shape index (κ2) is 10.4. The van der Waals surface area contributed by atoms with Crippen LogP contribution in [0.25, 0.3) is 11.0 Å². The van der Waals surface area contributed by atoms with Gasteiger partial charge in [0.05, 0.1) is 25.3 Å². The number of ether oxygens (including phenoxy) is 2. The minimum atomic E-state index is -0.336. The Balaban J connectivity index is 1.23. The molecule has 0 unspecified atom stereocenters. The van der Waals surface area contributed by atoms with Gasteiger partial charge in [0.2, 0.25) is 0 Å². The highest BCUT2D eigenvalue weighted by Crippen LogP contribution is 2.31. The molecule has 1 amide bonds. The molecular formula is C25H26ClN5O3. The first-order valence-corrected chi connectivity index (χ1v) is 12.0. The lowest BCUT2D eigenvalue weighted by Crippen LogP contribution is -2.36. The summed E-state index contributed by atoms with van der Waals surface area (Å²) < 4.78 is 11.8. The van der Waals surface area contributed by atoms with Crippen molar-refractivity contribution in [2.75, 3.05) is 37.8 Å². The summed E-state index contributed by atoms with van der Waals surface area (Å²) in [6.07, 6.45) is 6.78. The molecule has 3 heterocycles.